The third-order valence-electron chi connectivity index (χ3n) is 2.89. The predicted octanol–water partition coefficient (Wildman–Crippen LogP) is 4.00. The fraction of sp³-hybridized carbons (Fsp3) is 0.0667. The second kappa shape index (κ2) is 6.89. The molecule has 3 N–H and O–H groups in total. The predicted molar refractivity (Wildman–Crippen MR) is 91.1 cm³/mol. The number of amides is 1. The number of carbonyl (C=O) groups excluding carboxylic acids is 1. The van der Waals surface area contributed by atoms with Gasteiger partial charge in [0.15, 0.2) is 0 Å². The lowest BCUT2D eigenvalue weighted by Crippen LogP contribution is -2.31. The summed E-state index contributed by atoms with van der Waals surface area (Å²) in [5, 5.41) is 3.39. The highest BCUT2D eigenvalue weighted by Crippen LogP contribution is 2.31. The van der Waals surface area contributed by atoms with Crippen LogP contribution in [0.4, 0.5) is 5.69 Å². The van der Waals surface area contributed by atoms with Gasteiger partial charge in [0.1, 0.15) is 5.92 Å². The first-order valence-corrected chi connectivity index (χ1v) is 7.26. The number of benzene rings is 2. The molecule has 0 saturated heterocycles. The molecule has 0 aromatic heterocycles. The summed E-state index contributed by atoms with van der Waals surface area (Å²) in [5.74, 6) is -1.11. The van der Waals surface area contributed by atoms with Gasteiger partial charge in [0.25, 0.3) is 0 Å². The van der Waals surface area contributed by atoms with Crippen molar-refractivity contribution in [2.45, 2.75) is 5.92 Å². The van der Waals surface area contributed by atoms with Gasteiger partial charge in [-0.1, -0.05) is 71.8 Å². The Bertz CT molecular complexity index is 656. The molecule has 2 rings (SSSR count). The Kier molecular flexibility index (Phi) is 5.17. The van der Waals surface area contributed by atoms with E-state index in [1.807, 2.05) is 18.2 Å². The topological polar surface area (TPSA) is 55.1 Å². The van der Waals surface area contributed by atoms with Crippen LogP contribution in [0.3, 0.4) is 0 Å². The molecule has 0 saturated carbocycles. The van der Waals surface area contributed by atoms with E-state index in [0.29, 0.717) is 21.3 Å². The first-order chi connectivity index (χ1) is 10.0. The smallest absolute Gasteiger partial charge is 0.238 e. The maximum atomic E-state index is 12.5. The van der Waals surface area contributed by atoms with E-state index in [2.05, 4.69) is 5.32 Å². The van der Waals surface area contributed by atoms with Crippen LogP contribution in [0, 0.1) is 0 Å². The van der Waals surface area contributed by atoms with Crippen LogP contribution in [-0.2, 0) is 4.79 Å². The minimum atomic E-state index is -0.742. The maximum absolute atomic E-state index is 12.5. The highest BCUT2D eigenvalue weighted by atomic mass is 35.5. The fourth-order valence-electron chi connectivity index (χ4n) is 1.90. The number of thiocarbonyl (C=S) groups is 1. The van der Waals surface area contributed by atoms with Crippen molar-refractivity contribution in [3.8, 4) is 0 Å². The summed E-state index contributed by atoms with van der Waals surface area (Å²) < 4.78 is 0. The molecule has 0 spiro atoms. The third-order valence-corrected chi connectivity index (χ3v) is 3.76. The Morgan fingerprint density at radius 1 is 1.05 bits per heavy atom. The number of nitrogens with one attached hydrogen (secondary N) is 1. The SMILES string of the molecule is NC(=S)C(C(=O)Nc1c(Cl)cccc1Cl)c1ccccc1. The molecular formula is C15H12Cl2N2OS. The van der Waals surface area contributed by atoms with Crippen molar-refractivity contribution in [3.63, 3.8) is 0 Å². The number of hydrogen-bond donors (Lipinski definition) is 2. The van der Waals surface area contributed by atoms with Gasteiger partial charge in [-0.2, -0.15) is 0 Å². The van der Waals surface area contributed by atoms with Crippen molar-refractivity contribution < 1.29 is 4.79 Å². The standard InChI is InChI=1S/C15H12Cl2N2OS/c16-10-7-4-8-11(17)13(10)19-15(20)12(14(18)21)9-5-2-1-3-6-9/h1-8,12H,(H2,18,21)(H,19,20). The summed E-state index contributed by atoms with van der Waals surface area (Å²) in [7, 11) is 0. The number of halogens is 2. The van der Waals surface area contributed by atoms with E-state index in [1.165, 1.54) is 0 Å². The molecule has 0 aliphatic carbocycles. The molecule has 1 atom stereocenters. The highest BCUT2D eigenvalue weighted by Gasteiger charge is 2.24. The largest absolute Gasteiger partial charge is 0.392 e. The molecule has 1 amide bonds. The van der Waals surface area contributed by atoms with Gasteiger partial charge in [-0.3, -0.25) is 4.79 Å². The lowest BCUT2D eigenvalue weighted by molar-refractivity contribution is -0.116. The second-order valence-electron chi connectivity index (χ2n) is 4.33. The van der Waals surface area contributed by atoms with Crippen molar-refractivity contribution in [1.29, 1.82) is 0 Å². The van der Waals surface area contributed by atoms with E-state index in [1.54, 1.807) is 30.3 Å². The van der Waals surface area contributed by atoms with Gasteiger partial charge in [-0.25, -0.2) is 0 Å². The first kappa shape index (κ1) is 15.8. The molecule has 3 nitrogen and oxygen atoms in total. The number of carbonyl (C=O) groups is 1. The Morgan fingerprint density at radius 3 is 2.14 bits per heavy atom. The Balaban J connectivity index is 2.31. The zero-order valence-electron chi connectivity index (χ0n) is 10.8. The van der Waals surface area contributed by atoms with Crippen LogP contribution < -0.4 is 11.1 Å². The minimum Gasteiger partial charge on any atom is -0.392 e. The van der Waals surface area contributed by atoms with Gasteiger partial charge in [0, 0.05) is 0 Å². The molecular weight excluding hydrogens is 327 g/mol. The zero-order valence-corrected chi connectivity index (χ0v) is 13.2. The molecule has 6 heteroatoms. The number of hydrogen-bond acceptors (Lipinski definition) is 2. The summed E-state index contributed by atoms with van der Waals surface area (Å²) in [6, 6.07) is 14.0. The summed E-state index contributed by atoms with van der Waals surface area (Å²) in [6.45, 7) is 0. The number of para-hydroxylation sites is 1. The summed E-state index contributed by atoms with van der Waals surface area (Å²) >= 11 is 17.1. The molecule has 0 aliphatic heterocycles. The molecule has 108 valence electrons. The average Bonchev–Trinajstić information content (AvgIpc) is 2.44. The quantitative estimate of drug-likeness (QED) is 0.828. The molecule has 0 aliphatic rings. The van der Waals surface area contributed by atoms with Crippen molar-refractivity contribution in [2.75, 3.05) is 5.32 Å². The molecule has 1 unspecified atom stereocenters. The van der Waals surface area contributed by atoms with Crippen LogP contribution in [0.25, 0.3) is 0 Å². The lowest BCUT2D eigenvalue weighted by Gasteiger charge is -2.17. The zero-order chi connectivity index (χ0) is 15.4. The Hall–Kier alpha value is -1.62. The van der Waals surface area contributed by atoms with Crippen LogP contribution in [0.5, 0.6) is 0 Å². The Labute approximate surface area is 138 Å². The van der Waals surface area contributed by atoms with Crippen LogP contribution in [0.2, 0.25) is 10.0 Å². The molecule has 0 fully saturated rings. The number of nitrogens with two attached hydrogens (primary N) is 1. The van der Waals surface area contributed by atoms with Crippen LogP contribution in [0.1, 0.15) is 11.5 Å². The molecule has 0 heterocycles. The molecule has 0 bridgehead atoms. The number of anilines is 1. The summed E-state index contributed by atoms with van der Waals surface area (Å²) in [5.41, 5.74) is 6.77. The van der Waals surface area contributed by atoms with Crippen LogP contribution >= 0.6 is 35.4 Å². The molecule has 0 radical (unpaired) electrons. The van der Waals surface area contributed by atoms with E-state index < -0.39 is 5.92 Å². The van der Waals surface area contributed by atoms with Crippen LogP contribution in [-0.4, -0.2) is 10.9 Å². The van der Waals surface area contributed by atoms with Crippen molar-refractivity contribution in [2.24, 2.45) is 5.73 Å². The third kappa shape index (κ3) is 3.73. The maximum Gasteiger partial charge on any atom is 0.238 e. The second-order valence-corrected chi connectivity index (χ2v) is 5.62. The van der Waals surface area contributed by atoms with Gasteiger partial charge in [-0.15, -0.1) is 0 Å². The normalized spacial score (nSPS) is 11.7. The average molecular weight is 339 g/mol. The van der Waals surface area contributed by atoms with E-state index in [-0.39, 0.29) is 10.9 Å². The van der Waals surface area contributed by atoms with Gasteiger partial charge >= 0.3 is 0 Å². The monoisotopic (exact) mass is 338 g/mol. The molecule has 2 aromatic rings. The van der Waals surface area contributed by atoms with Gasteiger partial charge in [-0.05, 0) is 17.7 Å². The van der Waals surface area contributed by atoms with Crippen LogP contribution in [0.15, 0.2) is 48.5 Å². The molecule has 2 aromatic carbocycles. The van der Waals surface area contributed by atoms with Gasteiger partial charge in [0.05, 0.1) is 20.7 Å². The van der Waals surface area contributed by atoms with E-state index >= 15 is 0 Å². The summed E-state index contributed by atoms with van der Waals surface area (Å²) in [4.78, 5) is 12.5. The fourth-order valence-corrected chi connectivity index (χ4v) is 2.64. The highest BCUT2D eigenvalue weighted by molar-refractivity contribution is 7.80. The first-order valence-electron chi connectivity index (χ1n) is 6.10. The van der Waals surface area contributed by atoms with E-state index in [4.69, 9.17) is 41.2 Å². The van der Waals surface area contributed by atoms with Gasteiger partial charge < -0.3 is 11.1 Å². The molecule has 21 heavy (non-hydrogen) atoms. The Morgan fingerprint density at radius 2 is 1.62 bits per heavy atom. The van der Waals surface area contributed by atoms with Crippen molar-refractivity contribution in [3.05, 3.63) is 64.1 Å². The lowest BCUT2D eigenvalue weighted by atomic mass is 9.98. The van der Waals surface area contributed by atoms with E-state index in [9.17, 15) is 4.79 Å². The summed E-state index contributed by atoms with van der Waals surface area (Å²) in [6.07, 6.45) is 0. The van der Waals surface area contributed by atoms with Crippen molar-refractivity contribution in [1.82, 2.24) is 0 Å². The van der Waals surface area contributed by atoms with Gasteiger partial charge in [0.2, 0.25) is 5.91 Å². The van der Waals surface area contributed by atoms with Crippen molar-refractivity contribution >= 4 is 52.0 Å². The minimum absolute atomic E-state index is 0.0851. The van der Waals surface area contributed by atoms with E-state index in [0.717, 1.165) is 0 Å². The number of rotatable bonds is 4.